The standard InChI is InChI=1S/C17H15ClN2O4S/c1-24-14-5-2-11-8-12(17(21)20-16(11)9-14)10-19-25(22,23)15-6-3-13(18)4-7-15/h2-9,19H,10H2,1H3,(H,20,21). The first-order valence-corrected chi connectivity index (χ1v) is 9.20. The molecule has 1 heterocycles. The van der Waals surface area contributed by atoms with Gasteiger partial charge in [0, 0.05) is 23.2 Å². The Kier molecular flexibility index (Phi) is 4.80. The topological polar surface area (TPSA) is 88.3 Å². The molecule has 0 aliphatic heterocycles. The number of benzene rings is 2. The molecule has 1 aromatic heterocycles. The van der Waals surface area contributed by atoms with Gasteiger partial charge in [0.15, 0.2) is 0 Å². The van der Waals surface area contributed by atoms with Crippen LogP contribution in [0.5, 0.6) is 5.75 Å². The molecule has 0 aliphatic carbocycles. The van der Waals surface area contributed by atoms with Crippen LogP contribution in [0.2, 0.25) is 5.02 Å². The molecule has 130 valence electrons. The summed E-state index contributed by atoms with van der Waals surface area (Å²) in [5.41, 5.74) is 0.573. The number of fused-ring (bicyclic) bond motifs is 1. The molecular formula is C17H15ClN2O4S. The van der Waals surface area contributed by atoms with Crippen molar-refractivity contribution in [3.63, 3.8) is 0 Å². The largest absolute Gasteiger partial charge is 0.497 e. The monoisotopic (exact) mass is 378 g/mol. The van der Waals surface area contributed by atoms with Crippen molar-refractivity contribution >= 4 is 32.5 Å². The molecule has 0 amide bonds. The molecular weight excluding hydrogens is 364 g/mol. The quantitative estimate of drug-likeness (QED) is 0.714. The number of hydrogen-bond donors (Lipinski definition) is 2. The van der Waals surface area contributed by atoms with Crippen LogP contribution in [0, 0.1) is 0 Å². The zero-order valence-electron chi connectivity index (χ0n) is 13.2. The Morgan fingerprint density at radius 3 is 2.52 bits per heavy atom. The summed E-state index contributed by atoms with van der Waals surface area (Å²) in [4.78, 5) is 15.0. The fraction of sp³-hybridized carbons (Fsp3) is 0.118. The minimum atomic E-state index is -3.74. The van der Waals surface area contributed by atoms with E-state index in [0.717, 1.165) is 5.39 Å². The second kappa shape index (κ2) is 6.87. The molecule has 0 saturated heterocycles. The molecule has 0 unspecified atom stereocenters. The molecule has 25 heavy (non-hydrogen) atoms. The van der Waals surface area contributed by atoms with E-state index in [2.05, 4.69) is 9.71 Å². The molecule has 0 radical (unpaired) electrons. The van der Waals surface area contributed by atoms with E-state index < -0.39 is 10.0 Å². The molecule has 0 spiro atoms. The molecule has 0 fully saturated rings. The number of rotatable bonds is 5. The Morgan fingerprint density at radius 2 is 1.84 bits per heavy atom. The molecule has 6 nitrogen and oxygen atoms in total. The maximum absolute atomic E-state index is 12.3. The Hall–Kier alpha value is -2.35. The average molecular weight is 379 g/mol. The highest BCUT2D eigenvalue weighted by molar-refractivity contribution is 7.89. The first-order valence-electron chi connectivity index (χ1n) is 7.34. The molecule has 8 heteroatoms. The molecule has 3 aromatic rings. The lowest BCUT2D eigenvalue weighted by Crippen LogP contribution is -2.26. The Morgan fingerprint density at radius 1 is 1.12 bits per heavy atom. The van der Waals surface area contributed by atoms with Crippen molar-refractivity contribution in [3.05, 3.63) is 69.5 Å². The molecule has 2 N–H and O–H groups in total. The zero-order chi connectivity index (χ0) is 18.0. The number of sulfonamides is 1. The molecule has 2 aromatic carbocycles. The van der Waals surface area contributed by atoms with Crippen molar-refractivity contribution in [2.75, 3.05) is 7.11 Å². The fourth-order valence-electron chi connectivity index (χ4n) is 2.35. The van der Waals surface area contributed by atoms with E-state index in [1.165, 1.54) is 24.3 Å². The minimum Gasteiger partial charge on any atom is -0.497 e. The van der Waals surface area contributed by atoms with Crippen LogP contribution in [0.1, 0.15) is 5.56 Å². The number of ether oxygens (including phenoxy) is 1. The third-order valence-corrected chi connectivity index (χ3v) is 5.38. The van der Waals surface area contributed by atoms with E-state index in [0.29, 0.717) is 21.9 Å². The number of nitrogens with one attached hydrogen (secondary N) is 2. The van der Waals surface area contributed by atoms with Gasteiger partial charge in [-0.15, -0.1) is 0 Å². The van der Waals surface area contributed by atoms with E-state index in [1.807, 2.05) is 0 Å². The van der Waals surface area contributed by atoms with Crippen molar-refractivity contribution < 1.29 is 13.2 Å². The van der Waals surface area contributed by atoms with Crippen LogP contribution in [0.3, 0.4) is 0 Å². The number of H-pyrrole nitrogens is 1. The van der Waals surface area contributed by atoms with Gasteiger partial charge in [0.25, 0.3) is 5.56 Å². The van der Waals surface area contributed by atoms with Crippen LogP contribution in [-0.2, 0) is 16.6 Å². The van der Waals surface area contributed by atoms with E-state index in [9.17, 15) is 13.2 Å². The summed E-state index contributed by atoms with van der Waals surface area (Å²) >= 11 is 5.76. The predicted molar refractivity (Wildman–Crippen MR) is 96.6 cm³/mol. The summed E-state index contributed by atoms with van der Waals surface area (Å²) in [7, 11) is -2.20. The lowest BCUT2D eigenvalue weighted by molar-refractivity contribution is 0.415. The predicted octanol–water partition coefficient (Wildman–Crippen LogP) is 2.67. The lowest BCUT2D eigenvalue weighted by Gasteiger charge is -2.08. The minimum absolute atomic E-state index is 0.0823. The van der Waals surface area contributed by atoms with Gasteiger partial charge in [-0.05, 0) is 47.9 Å². The number of pyridine rings is 1. The summed E-state index contributed by atoms with van der Waals surface area (Å²) < 4.78 is 32.1. The van der Waals surface area contributed by atoms with Crippen LogP contribution in [-0.4, -0.2) is 20.5 Å². The summed E-state index contributed by atoms with van der Waals surface area (Å²) in [6.45, 7) is -0.123. The van der Waals surface area contributed by atoms with Crippen LogP contribution in [0.4, 0.5) is 0 Å². The van der Waals surface area contributed by atoms with Crippen LogP contribution < -0.4 is 15.0 Å². The van der Waals surface area contributed by atoms with Crippen LogP contribution >= 0.6 is 11.6 Å². The van der Waals surface area contributed by atoms with E-state index in [4.69, 9.17) is 16.3 Å². The van der Waals surface area contributed by atoms with Crippen molar-refractivity contribution in [1.82, 2.24) is 9.71 Å². The number of halogens is 1. The van der Waals surface area contributed by atoms with Crippen molar-refractivity contribution in [1.29, 1.82) is 0 Å². The Balaban J connectivity index is 1.86. The number of aromatic nitrogens is 1. The van der Waals surface area contributed by atoms with Gasteiger partial charge >= 0.3 is 0 Å². The van der Waals surface area contributed by atoms with Crippen LogP contribution in [0.15, 0.2) is 58.2 Å². The van der Waals surface area contributed by atoms with Gasteiger partial charge in [-0.2, -0.15) is 0 Å². The first-order chi connectivity index (χ1) is 11.9. The van der Waals surface area contributed by atoms with E-state index >= 15 is 0 Å². The second-order valence-corrected chi connectivity index (χ2v) is 7.56. The summed E-state index contributed by atoms with van der Waals surface area (Å²) in [5.74, 6) is 0.624. The molecule has 0 atom stereocenters. The number of aromatic amines is 1. The van der Waals surface area contributed by atoms with Crippen molar-refractivity contribution in [3.8, 4) is 5.75 Å². The Labute approximate surface area is 149 Å². The normalized spacial score (nSPS) is 11.6. The molecule has 3 rings (SSSR count). The smallest absolute Gasteiger partial charge is 0.252 e. The van der Waals surface area contributed by atoms with Gasteiger partial charge in [0.05, 0.1) is 17.5 Å². The van der Waals surface area contributed by atoms with E-state index in [-0.39, 0.29) is 17.0 Å². The fourth-order valence-corrected chi connectivity index (χ4v) is 3.49. The van der Waals surface area contributed by atoms with Crippen molar-refractivity contribution in [2.45, 2.75) is 11.4 Å². The Bertz CT molecular complexity index is 1080. The van der Waals surface area contributed by atoms with Gasteiger partial charge < -0.3 is 9.72 Å². The summed E-state index contributed by atoms with van der Waals surface area (Å²) in [6.07, 6.45) is 0. The highest BCUT2D eigenvalue weighted by Gasteiger charge is 2.14. The molecule has 0 aliphatic rings. The molecule has 0 saturated carbocycles. The highest BCUT2D eigenvalue weighted by Crippen LogP contribution is 2.19. The van der Waals surface area contributed by atoms with Crippen LogP contribution in [0.25, 0.3) is 10.9 Å². The van der Waals surface area contributed by atoms with Crippen molar-refractivity contribution in [2.24, 2.45) is 0 Å². The summed E-state index contributed by atoms with van der Waals surface area (Å²) in [6, 6.07) is 12.7. The first kappa shape index (κ1) is 17.5. The van der Waals surface area contributed by atoms with Gasteiger partial charge in [-0.25, -0.2) is 13.1 Å². The SMILES string of the molecule is COc1ccc2cc(CNS(=O)(=O)c3ccc(Cl)cc3)c(=O)[nH]c2c1. The maximum Gasteiger partial charge on any atom is 0.252 e. The number of methoxy groups -OCH3 is 1. The summed E-state index contributed by atoms with van der Waals surface area (Å²) in [5, 5.41) is 1.22. The maximum atomic E-state index is 12.3. The zero-order valence-corrected chi connectivity index (χ0v) is 14.8. The number of hydrogen-bond acceptors (Lipinski definition) is 4. The van der Waals surface area contributed by atoms with Gasteiger partial charge in [-0.1, -0.05) is 11.6 Å². The molecule has 0 bridgehead atoms. The third kappa shape index (κ3) is 3.84. The van der Waals surface area contributed by atoms with Gasteiger partial charge in [-0.3, -0.25) is 4.79 Å². The average Bonchev–Trinajstić information content (AvgIpc) is 2.60. The lowest BCUT2D eigenvalue weighted by atomic mass is 10.1. The second-order valence-electron chi connectivity index (χ2n) is 5.36. The van der Waals surface area contributed by atoms with Gasteiger partial charge in [0.2, 0.25) is 10.0 Å². The van der Waals surface area contributed by atoms with Gasteiger partial charge in [0.1, 0.15) is 5.75 Å². The highest BCUT2D eigenvalue weighted by atomic mass is 35.5. The third-order valence-electron chi connectivity index (χ3n) is 3.71. The van der Waals surface area contributed by atoms with E-state index in [1.54, 1.807) is 31.4 Å².